The topological polar surface area (TPSA) is 203 Å². The zero-order chi connectivity index (χ0) is 46.1. The molecule has 0 unspecified atom stereocenters. The van der Waals surface area contributed by atoms with E-state index in [-0.39, 0.29) is 37.9 Å². The molecule has 1 saturated heterocycles. The highest BCUT2D eigenvalue weighted by Gasteiger charge is 2.62. The van der Waals surface area contributed by atoms with E-state index in [4.69, 9.17) is 24.2 Å². The van der Waals surface area contributed by atoms with Crippen molar-refractivity contribution in [3.05, 3.63) is 60.0 Å². The van der Waals surface area contributed by atoms with E-state index in [1.165, 1.54) is 30.3 Å². The smallest absolute Gasteiger partial charge is 0.408 e. The molecule has 5 atom stereocenters. The van der Waals surface area contributed by atoms with Gasteiger partial charge < -0.3 is 29.7 Å². The van der Waals surface area contributed by atoms with Crippen molar-refractivity contribution in [1.29, 1.82) is 0 Å². The predicted octanol–water partition coefficient (Wildman–Crippen LogP) is 5.98. The second-order valence-electron chi connectivity index (χ2n) is 18.0. The van der Waals surface area contributed by atoms with Crippen molar-refractivity contribution in [1.82, 2.24) is 39.1 Å². The van der Waals surface area contributed by atoms with Gasteiger partial charge in [-0.05, 0) is 84.6 Å². The van der Waals surface area contributed by atoms with E-state index in [9.17, 15) is 27.6 Å². The largest absolute Gasteiger partial charge is 0.496 e. The lowest BCUT2D eigenvalue weighted by Crippen LogP contribution is -2.58. The molecule has 3 N–H and O–H groups in total. The maximum atomic E-state index is 14.7. The van der Waals surface area contributed by atoms with Crippen LogP contribution in [0.15, 0.2) is 60.0 Å². The Hall–Kier alpha value is -5.53. The van der Waals surface area contributed by atoms with Crippen molar-refractivity contribution in [2.24, 2.45) is 5.92 Å². The summed E-state index contributed by atoms with van der Waals surface area (Å²) in [5, 5.41) is 8.37. The summed E-state index contributed by atoms with van der Waals surface area (Å²) in [5.41, 5.74) is 1.46. The fraction of sp³-hybridized carbons (Fsp3) is 0.511. The predicted molar refractivity (Wildman–Crippen MR) is 243 cm³/mol. The third-order valence-corrected chi connectivity index (χ3v) is 13.9. The van der Waals surface area contributed by atoms with Gasteiger partial charge in [0.05, 0.1) is 24.9 Å². The van der Waals surface area contributed by atoms with Crippen LogP contribution in [-0.2, 0) is 29.3 Å². The molecule has 17 nitrogen and oxygen atoms in total. The molecule has 19 heteroatoms. The fourth-order valence-corrected chi connectivity index (χ4v) is 9.74. The summed E-state index contributed by atoms with van der Waals surface area (Å²) in [6.45, 7) is 9.15. The van der Waals surface area contributed by atoms with Gasteiger partial charge in [-0.15, -0.1) is 11.3 Å². The van der Waals surface area contributed by atoms with Gasteiger partial charge in [-0.25, -0.2) is 14.5 Å². The number of fused-ring (bicyclic) bond motifs is 3. The number of carbonyl (C=O) groups is 4. The summed E-state index contributed by atoms with van der Waals surface area (Å²) in [6, 6.07) is 11.5. The Labute approximate surface area is 378 Å². The van der Waals surface area contributed by atoms with Crippen LogP contribution in [0.1, 0.15) is 85.6 Å². The average molecular weight is 919 g/mol. The number of amides is 4. The molecule has 4 heterocycles. The molecule has 1 saturated carbocycles. The van der Waals surface area contributed by atoms with Gasteiger partial charge in [-0.1, -0.05) is 43.2 Å². The van der Waals surface area contributed by atoms with Gasteiger partial charge >= 0.3 is 16.3 Å². The summed E-state index contributed by atoms with van der Waals surface area (Å²) >= 11 is 1.48. The van der Waals surface area contributed by atoms with Crippen molar-refractivity contribution >= 4 is 56.4 Å². The van der Waals surface area contributed by atoms with Crippen LogP contribution in [0.25, 0.3) is 32.9 Å². The van der Waals surface area contributed by atoms with Gasteiger partial charge in [0.15, 0.2) is 0 Å². The number of allylic oxidation sites excluding steroid dienone is 1. The lowest BCUT2D eigenvalue weighted by Gasteiger charge is -2.30. The molecule has 4 amide bonds. The Morgan fingerprint density at radius 1 is 1.03 bits per heavy atom. The van der Waals surface area contributed by atoms with E-state index in [0.717, 1.165) is 44.5 Å². The number of imidazole rings is 1. The molecule has 2 fully saturated rings. The molecule has 3 aliphatic rings. The number of para-hydroxylation sites is 2. The number of hydrogen-bond donors (Lipinski definition) is 3. The van der Waals surface area contributed by atoms with Gasteiger partial charge in [0.1, 0.15) is 45.6 Å². The standard InChI is InChI=1S/C45H58N8O9S2/c1-27(2)53-34-21-16-19-31(39-46-33(26-63-39)30-18-14-15-22-36(30)60-8)37(34)48-42(53)61-29-23-35-38(54)49-45(41(56)50-64(58,59)51(6)7)24-28(45)17-12-10-9-11-13-20-32(40(55)52(35)25-29)47-43(57)62-44(3,4)5/h12,14-19,21-22,26-29,32,35H,9-11,13,20,23-25H2,1-8H3,(H,47,57)(H,49,54)(H,50,56)/b17-12-/t28-,29-,32+,35+,45-/m1/s1. The van der Waals surface area contributed by atoms with E-state index < -0.39 is 69.3 Å². The van der Waals surface area contributed by atoms with E-state index in [2.05, 4.69) is 15.4 Å². The minimum Gasteiger partial charge on any atom is -0.496 e. The molecule has 0 spiro atoms. The number of nitrogens with one attached hydrogen (secondary N) is 3. The number of thiazole rings is 1. The molecular weight excluding hydrogens is 861 g/mol. The van der Waals surface area contributed by atoms with Crippen molar-refractivity contribution in [3.8, 4) is 33.6 Å². The second-order valence-corrected chi connectivity index (χ2v) is 20.7. The molecule has 2 aromatic heterocycles. The summed E-state index contributed by atoms with van der Waals surface area (Å²) in [4.78, 5) is 67.8. The Morgan fingerprint density at radius 2 is 1.78 bits per heavy atom. The van der Waals surface area contributed by atoms with Gasteiger partial charge in [-0.3, -0.25) is 19.0 Å². The Bertz CT molecular complexity index is 2550. The van der Waals surface area contributed by atoms with Crippen molar-refractivity contribution < 1.29 is 41.8 Å². The number of alkyl carbamates (subject to hydrolysis) is 1. The van der Waals surface area contributed by atoms with Crippen LogP contribution in [0.4, 0.5) is 4.79 Å². The van der Waals surface area contributed by atoms with Crippen LogP contribution >= 0.6 is 11.3 Å². The maximum Gasteiger partial charge on any atom is 0.408 e. The van der Waals surface area contributed by atoms with Crippen LogP contribution in [0, 0.1) is 5.92 Å². The van der Waals surface area contributed by atoms with Crippen LogP contribution in [0.2, 0.25) is 0 Å². The van der Waals surface area contributed by atoms with Crippen molar-refractivity contribution in [2.45, 2.75) is 115 Å². The summed E-state index contributed by atoms with van der Waals surface area (Å²) < 4.78 is 48.5. The third kappa shape index (κ3) is 9.90. The molecule has 64 heavy (non-hydrogen) atoms. The summed E-state index contributed by atoms with van der Waals surface area (Å²) in [6.07, 6.45) is 5.47. The quantitative estimate of drug-likeness (QED) is 0.158. The van der Waals surface area contributed by atoms with Crippen LogP contribution in [0.3, 0.4) is 0 Å². The van der Waals surface area contributed by atoms with Gasteiger partial charge in [-0.2, -0.15) is 17.7 Å². The molecule has 7 rings (SSSR count). The van der Waals surface area contributed by atoms with Gasteiger partial charge in [0.25, 0.3) is 11.9 Å². The summed E-state index contributed by atoms with van der Waals surface area (Å²) in [5.74, 6) is -1.83. The number of aromatic nitrogens is 3. The molecular formula is C45H58N8O9S2. The summed E-state index contributed by atoms with van der Waals surface area (Å²) in [7, 11) is 0.0176. The third-order valence-electron chi connectivity index (χ3n) is 11.6. The van der Waals surface area contributed by atoms with E-state index in [1.807, 2.05) is 78.4 Å². The van der Waals surface area contributed by atoms with E-state index in [1.54, 1.807) is 27.9 Å². The first-order valence-corrected chi connectivity index (χ1v) is 23.9. The highest BCUT2D eigenvalue weighted by Crippen LogP contribution is 2.46. The molecule has 4 aromatic rings. The van der Waals surface area contributed by atoms with Crippen molar-refractivity contribution in [2.75, 3.05) is 27.7 Å². The monoisotopic (exact) mass is 918 g/mol. The number of hydrogen-bond acceptors (Lipinski definition) is 12. The van der Waals surface area contributed by atoms with E-state index >= 15 is 0 Å². The molecule has 2 aliphatic heterocycles. The highest BCUT2D eigenvalue weighted by molar-refractivity contribution is 7.87. The Kier molecular flexibility index (Phi) is 13.4. The SMILES string of the molecule is COc1ccccc1-c1csc(-c2cccc3c2nc(O[C@@H]2C[C@H]4C(=O)N[C@]5(C(=O)NS(=O)(=O)N(C)C)C[C@H]5/C=C\CCCCC[C@H](NC(=O)OC(C)(C)C)C(=O)N4C2)n3C(C)C)n1. The second kappa shape index (κ2) is 18.5. The Morgan fingerprint density at radius 3 is 2.50 bits per heavy atom. The molecule has 0 bridgehead atoms. The first kappa shape index (κ1) is 46.5. The maximum absolute atomic E-state index is 14.7. The number of methoxy groups -OCH3 is 1. The normalized spacial score (nSPS) is 23.7. The number of rotatable bonds is 10. The number of ether oxygens (including phenoxy) is 3. The minimum absolute atomic E-state index is 0.00778. The fourth-order valence-electron chi connectivity index (χ4n) is 8.29. The molecule has 1 aliphatic carbocycles. The lowest BCUT2D eigenvalue weighted by atomic mass is 10.0. The van der Waals surface area contributed by atoms with E-state index in [0.29, 0.717) is 24.1 Å². The molecule has 344 valence electrons. The molecule has 0 radical (unpaired) electrons. The zero-order valence-corrected chi connectivity index (χ0v) is 39.2. The van der Waals surface area contributed by atoms with Crippen LogP contribution in [0.5, 0.6) is 11.8 Å². The first-order valence-electron chi connectivity index (χ1n) is 21.6. The van der Waals surface area contributed by atoms with Crippen LogP contribution < -0.4 is 24.8 Å². The van der Waals surface area contributed by atoms with Gasteiger partial charge in [0.2, 0.25) is 11.8 Å². The zero-order valence-electron chi connectivity index (χ0n) is 37.5. The lowest BCUT2D eigenvalue weighted by molar-refractivity contribution is -0.141. The number of benzene rings is 2. The Balaban J connectivity index is 1.23. The number of nitrogens with zero attached hydrogens (tertiary/aromatic N) is 5. The van der Waals surface area contributed by atoms with Crippen LogP contribution in [-0.4, -0.2) is 113 Å². The minimum atomic E-state index is -4.20. The van der Waals surface area contributed by atoms with Gasteiger partial charge in [0, 0.05) is 49.0 Å². The number of carbonyl (C=O) groups excluding carboxylic acids is 4. The molecule has 2 aromatic carbocycles. The van der Waals surface area contributed by atoms with Crippen molar-refractivity contribution in [3.63, 3.8) is 0 Å². The average Bonchev–Trinajstić information content (AvgIpc) is 3.57. The first-order chi connectivity index (χ1) is 30.3. The highest BCUT2D eigenvalue weighted by atomic mass is 32.2.